The normalized spacial score (nSPS) is 16.8. The third kappa shape index (κ3) is 22.4. The Hall–Kier alpha value is -9.32. The van der Waals surface area contributed by atoms with Crippen LogP contribution in [0.3, 0.4) is 0 Å². The zero-order chi connectivity index (χ0) is 71.1. The molecule has 98 heavy (non-hydrogen) atoms. The van der Waals surface area contributed by atoms with Gasteiger partial charge in [0.05, 0.1) is 142 Å². The number of thioether (sulfide) groups is 4. The van der Waals surface area contributed by atoms with Crippen molar-refractivity contribution < 1.29 is 95.3 Å². The van der Waals surface area contributed by atoms with Crippen LogP contribution in [0, 0.1) is 70.3 Å². The van der Waals surface area contributed by atoms with Gasteiger partial charge in [-0.2, -0.15) is 0 Å². The van der Waals surface area contributed by atoms with Crippen LogP contribution < -0.4 is 18.9 Å². The number of carbonyl (C=O) groups excluding carboxylic acids is 10. The summed E-state index contributed by atoms with van der Waals surface area (Å²) >= 11 is 3.92. The van der Waals surface area contributed by atoms with Crippen molar-refractivity contribution in [3.63, 3.8) is 0 Å². The molecule has 3 aromatic carbocycles. The van der Waals surface area contributed by atoms with Gasteiger partial charge in [-0.3, -0.25) is 38.4 Å². The van der Waals surface area contributed by atoms with Crippen LogP contribution in [0.1, 0.15) is 116 Å². The van der Waals surface area contributed by atoms with Crippen LogP contribution in [0.5, 0.6) is 23.0 Å². The Bertz CT molecular complexity index is 3520. The molecule has 0 radical (unpaired) electrons. The van der Waals surface area contributed by atoms with Crippen LogP contribution in [-0.4, -0.2) is 99.3 Å². The summed E-state index contributed by atoms with van der Waals surface area (Å²) in [5.74, 6) is -7.66. The zero-order valence-electron chi connectivity index (χ0n) is 54.2. The van der Waals surface area contributed by atoms with Crippen LogP contribution in [0.25, 0.3) is 9.69 Å². The first-order valence-corrected chi connectivity index (χ1v) is 34.4. The highest BCUT2D eigenvalue weighted by molar-refractivity contribution is 8.26. The molecule has 4 aliphatic rings. The fraction of sp³-hybridized carbons (Fsp3) is 0.429. The first kappa shape index (κ1) is 76.1. The van der Waals surface area contributed by atoms with Crippen LogP contribution in [0.2, 0.25) is 0 Å². The molecule has 514 valence electrons. The van der Waals surface area contributed by atoms with Crippen molar-refractivity contribution in [2.75, 3.05) is 39.6 Å². The number of nitrogens with zero attached hydrogens (tertiary/aromatic N) is 4. The van der Waals surface area contributed by atoms with Gasteiger partial charge in [0.15, 0.2) is 11.5 Å². The van der Waals surface area contributed by atoms with Gasteiger partial charge < -0.3 is 47.4 Å². The van der Waals surface area contributed by atoms with E-state index in [-0.39, 0.29) is 179 Å². The van der Waals surface area contributed by atoms with Gasteiger partial charge in [0.25, 0.3) is 11.4 Å². The largest absolute Gasteiger partial charge is 0.465 e. The molecule has 3 aromatic rings. The fourth-order valence-corrected chi connectivity index (χ4v) is 15.0. The van der Waals surface area contributed by atoms with Crippen molar-refractivity contribution in [2.24, 2.45) is 34.5 Å². The number of nitriles is 2. The number of fused-ring (bicyclic) bond motifs is 2. The Labute approximate surface area is 583 Å². The van der Waals surface area contributed by atoms with Crippen LogP contribution in [0.15, 0.2) is 113 Å². The van der Waals surface area contributed by atoms with E-state index in [1.807, 2.05) is 12.1 Å². The second-order valence-corrected chi connectivity index (χ2v) is 29.0. The lowest BCUT2D eigenvalue weighted by Crippen LogP contribution is -2.31. The quantitative estimate of drug-likeness (QED) is 0.0149. The van der Waals surface area contributed by atoms with Crippen LogP contribution >= 0.6 is 47.0 Å². The summed E-state index contributed by atoms with van der Waals surface area (Å²) in [6, 6.07) is 17.1. The Morgan fingerprint density at radius 3 is 1.01 bits per heavy atom. The number of carbonyl (C=O) groups is 10. The number of esters is 10. The van der Waals surface area contributed by atoms with Crippen molar-refractivity contribution in [1.82, 2.24) is 0 Å². The summed E-state index contributed by atoms with van der Waals surface area (Å²) in [7, 11) is 0. The maximum Gasteiger partial charge on any atom is 0.330 e. The Kier molecular flexibility index (Phi) is 28.2. The monoisotopic (exact) mass is 1410 g/mol. The molecule has 2 saturated carbocycles. The Balaban J connectivity index is 0.893. The minimum atomic E-state index is -0.678. The molecule has 28 heteroatoms. The lowest BCUT2D eigenvalue weighted by Gasteiger charge is -2.27. The van der Waals surface area contributed by atoms with E-state index in [9.17, 15) is 58.5 Å². The van der Waals surface area contributed by atoms with Gasteiger partial charge in [0, 0.05) is 35.8 Å². The van der Waals surface area contributed by atoms with Gasteiger partial charge in [0.1, 0.15) is 11.5 Å². The average Bonchev–Trinajstić information content (AvgIpc) is 1.57. The topological polar surface area (TPSA) is 319 Å². The minimum absolute atomic E-state index is 0.0105. The van der Waals surface area contributed by atoms with E-state index >= 15 is 0 Å². The summed E-state index contributed by atoms with van der Waals surface area (Å²) in [6.45, 7) is 29.2. The molecule has 0 N–H and O–H groups in total. The van der Waals surface area contributed by atoms with Gasteiger partial charge in [-0.1, -0.05) is 112 Å². The standard InChI is InChI=1S/C70H70N4O20S4/c1-9-51(75)87-37-69(3,4)39-89-55(79)29-27-53(77)85-33-31-41-11-23-47(24-12-41)91-63(81)43-15-19-45(20-16-43)65(83)93-57-59-61(97-67(95-59)49(35-71)73-7)58(62-60(57)96-68(98-62)50(36-72)74-8)94-66(84)46-21-17-44(18-22-46)64(82)92-48-25-13-42(14-26-48)32-34-86-54(78)28-30-56(80)90-40-70(5,6)38-88-52(76)10-2/h9-14,23-26,43-46H,1-2,15-22,27-34,37-40H2,3-6H3. The van der Waals surface area contributed by atoms with Crippen LogP contribution in [-0.2, 0) is 89.2 Å². The summed E-state index contributed by atoms with van der Waals surface area (Å²) in [5.41, 5.74) is -0.247. The molecule has 0 saturated heterocycles. The minimum Gasteiger partial charge on any atom is -0.465 e. The molecule has 2 heterocycles. The molecule has 0 bridgehead atoms. The van der Waals surface area contributed by atoms with Crippen molar-refractivity contribution in [2.45, 2.75) is 137 Å². The van der Waals surface area contributed by atoms with Crippen molar-refractivity contribution >= 4 is 107 Å². The summed E-state index contributed by atoms with van der Waals surface area (Å²) < 4.78 is 55.6. The summed E-state index contributed by atoms with van der Waals surface area (Å²) in [6.07, 6.45) is 4.12. The van der Waals surface area contributed by atoms with E-state index in [4.69, 9.17) is 60.5 Å². The molecule has 24 nitrogen and oxygen atoms in total. The molecule has 2 fully saturated rings. The van der Waals surface area contributed by atoms with Gasteiger partial charge in [0.2, 0.25) is 0 Å². The summed E-state index contributed by atoms with van der Waals surface area (Å²) in [4.78, 5) is 135. The predicted octanol–water partition coefficient (Wildman–Crippen LogP) is 12.3. The number of allylic oxidation sites excluding steroid dienone is 2. The molecule has 0 atom stereocenters. The number of hydrogen-bond donors (Lipinski definition) is 0. The molecule has 0 unspecified atom stereocenters. The van der Waals surface area contributed by atoms with Crippen molar-refractivity contribution in [3.05, 3.63) is 128 Å². The molecule has 2 aliphatic heterocycles. The number of rotatable bonds is 30. The molecule has 0 spiro atoms. The van der Waals surface area contributed by atoms with Gasteiger partial charge in [-0.25, -0.2) is 29.8 Å². The SMILES string of the molecule is [C-]#[N+]C(C#N)=C1Sc2c(OC(=O)C3CCC(C(=O)Oc4ccc(CCOC(=O)CCC(=O)OCC(C)(C)COC(=O)C=C)cc4)CC3)c3c(c(OC(=O)C4CCC(C(=O)Oc5ccc(CCOC(=O)CCC(=O)OCC(C)(C)COC(=O)C=C)cc5)CC4)c2S1)SC(=C(C#N)[N+]#[C-])S3. The third-order valence-electron chi connectivity index (χ3n) is 15.5. The summed E-state index contributed by atoms with van der Waals surface area (Å²) in [5, 5.41) is 19.9. The highest BCUT2D eigenvalue weighted by atomic mass is 32.2. The maximum atomic E-state index is 14.3. The molecular weight excluding hydrogens is 1350 g/mol. The number of hydrogen-bond acceptors (Lipinski definition) is 26. The highest BCUT2D eigenvalue weighted by Crippen LogP contribution is 2.69. The highest BCUT2D eigenvalue weighted by Gasteiger charge is 2.43. The first-order valence-electron chi connectivity index (χ1n) is 31.1. The lowest BCUT2D eigenvalue weighted by molar-refractivity contribution is -0.154. The third-order valence-corrected chi connectivity index (χ3v) is 20.6. The van der Waals surface area contributed by atoms with Gasteiger partial charge in [-0.15, -0.1) is 0 Å². The maximum absolute atomic E-state index is 14.3. The van der Waals surface area contributed by atoms with E-state index in [1.54, 1.807) is 76.2 Å². The van der Waals surface area contributed by atoms with E-state index < -0.39 is 94.2 Å². The fourth-order valence-electron chi connectivity index (χ4n) is 9.91. The molecule has 0 amide bonds. The van der Waals surface area contributed by atoms with Crippen molar-refractivity contribution in [3.8, 4) is 35.1 Å². The molecular formula is C70H70N4O20S4. The van der Waals surface area contributed by atoms with E-state index in [2.05, 4.69) is 22.8 Å². The van der Waals surface area contributed by atoms with Crippen molar-refractivity contribution in [1.29, 1.82) is 10.5 Å². The van der Waals surface area contributed by atoms with Crippen LogP contribution in [0.4, 0.5) is 0 Å². The Morgan fingerprint density at radius 2 is 0.735 bits per heavy atom. The Morgan fingerprint density at radius 1 is 0.459 bits per heavy atom. The predicted molar refractivity (Wildman–Crippen MR) is 354 cm³/mol. The smallest absolute Gasteiger partial charge is 0.330 e. The lowest BCUT2D eigenvalue weighted by atomic mass is 9.82. The molecule has 0 aromatic heterocycles. The molecule has 7 rings (SSSR count). The van der Waals surface area contributed by atoms with Gasteiger partial charge in [-0.05, 0) is 86.8 Å². The zero-order valence-corrected chi connectivity index (χ0v) is 57.5. The van der Waals surface area contributed by atoms with E-state index in [0.29, 0.717) is 12.8 Å². The molecule has 2 aliphatic carbocycles. The number of ether oxygens (including phenoxy) is 10. The van der Waals surface area contributed by atoms with E-state index in [1.165, 1.54) is 0 Å². The number of benzene rings is 3. The second kappa shape index (κ2) is 36.3. The second-order valence-electron chi connectivity index (χ2n) is 24.4. The van der Waals surface area contributed by atoms with Gasteiger partial charge >= 0.3 is 59.7 Å². The average molecular weight is 1420 g/mol. The van der Waals surface area contributed by atoms with E-state index in [0.717, 1.165) is 70.3 Å². The first-order chi connectivity index (χ1) is 46.8.